The number of carboxylic acid groups (broad SMARTS) is 1. The lowest BCUT2D eigenvalue weighted by Crippen LogP contribution is -2.74. The number of aromatic hydroxyl groups is 1. The maximum atomic E-state index is 13.1. The lowest BCUT2D eigenvalue weighted by atomic mass is 9.98. The molecule has 0 unspecified atom stereocenters. The summed E-state index contributed by atoms with van der Waals surface area (Å²) < 4.78 is 33.9. The molecule has 2 atom stereocenters. The summed E-state index contributed by atoms with van der Waals surface area (Å²) in [4.78, 5) is 75.3. The van der Waals surface area contributed by atoms with Crippen LogP contribution in [-0.4, -0.2) is 97.9 Å². The molecular weight excluding hydrogens is 594 g/mol. The molecular formula is C20H23N7O12S2. The van der Waals surface area contributed by atoms with Crippen molar-refractivity contribution in [2.75, 3.05) is 19.4 Å². The van der Waals surface area contributed by atoms with E-state index < -0.39 is 80.8 Å². The Balaban J connectivity index is 1.87. The Hall–Kier alpha value is -4.76. The van der Waals surface area contributed by atoms with E-state index in [0.717, 1.165) is 49.3 Å². The summed E-state index contributed by atoms with van der Waals surface area (Å²) in [7, 11) is -4.04. The molecule has 0 aliphatic carbocycles. The fraction of sp³-hybridized carbons (Fsp3) is 0.350. The van der Waals surface area contributed by atoms with Gasteiger partial charge in [0.05, 0.1) is 12.2 Å². The quantitative estimate of drug-likeness (QED) is 0.0641. The zero-order valence-electron chi connectivity index (χ0n) is 21.3. The van der Waals surface area contributed by atoms with Gasteiger partial charge in [0.15, 0.2) is 16.6 Å². The number of nitrogens with zero attached hydrogens (tertiary/aromatic N) is 4. The van der Waals surface area contributed by atoms with E-state index in [0.29, 0.717) is 0 Å². The number of amides is 3. The van der Waals surface area contributed by atoms with Gasteiger partial charge in [-0.3, -0.25) is 23.7 Å². The van der Waals surface area contributed by atoms with Crippen LogP contribution in [0.25, 0.3) is 0 Å². The topological polar surface area (TPSA) is 282 Å². The Kier molecular flexibility index (Phi) is 8.55. The summed E-state index contributed by atoms with van der Waals surface area (Å²) in [6, 6.07) is -2.52. The molecule has 19 nitrogen and oxygen atoms in total. The maximum absolute atomic E-state index is 13.1. The van der Waals surface area contributed by atoms with E-state index in [1.807, 2.05) is 0 Å². The summed E-state index contributed by atoms with van der Waals surface area (Å²) in [6.45, 7) is 1.59. The molecule has 222 valence electrons. The number of oxime groups is 1. The number of β-lactam (4-membered cyclic amide) rings is 1. The summed E-state index contributed by atoms with van der Waals surface area (Å²) >= 11 is 0.896. The van der Waals surface area contributed by atoms with Crippen molar-refractivity contribution in [3.63, 3.8) is 0 Å². The molecule has 0 aromatic carbocycles. The largest absolute Gasteiger partial charge is 0.503 e. The molecule has 3 amide bonds. The van der Waals surface area contributed by atoms with Gasteiger partial charge in [0.1, 0.15) is 24.5 Å². The van der Waals surface area contributed by atoms with Crippen LogP contribution in [0.2, 0.25) is 0 Å². The van der Waals surface area contributed by atoms with Crippen LogP contribution in [0, 0.1) is 0 Å². The van der Waals surface area contributed by atoms with Crippen LogP contribution < -0.4 is 26.6 Å². The Labute approximate surface area is 234 Å². The van der Waals surface area contributed by atoms with Crippen LogP contribution in [0.15, 0.2) is 27.6 Å². The Morgan fingerprint density at radius 1 is 1.29 bits per heavy atom. The first-order valence-corrected chi connectivity index (χ1v) is 13.4. The number of carbonyl (C=O) groups is 4. The SMILES string of the molecule is COn1cc(O)c(=O)cc1C(=O)NC[C@@H]1[C@H](NC(=O)/C(=N\OC(C)(C)C(=O)O)c2csc(N)n2)C(=O)N1S(=O)(=O)O. The van der Waals surface area contributed by atoms with E-state index in [-0.39, 0.29) is 15.1 Å². The maximum Gasteiger partial charge on any atom is 0.362 e. The average molecular weight is 618 g/mol. The van der Waals surface area contributed by atoms with E-state index in [4.69, 9.17) is 15.4 Å². The number of hydrogen-bond donors (Lipinski definition) is 6. The molecule has 0 radical (unpaired) electrons. The molecule has 1 saturated heterocycles. The van der Waals surface area contributed by atoms with Crippen molar-refractivity contribution in [2.45, 2.75) is 31.5 Å². The zero-order chi connectivity index (χ0) is 30.9. The number of pyridine rings is 1. The van der Waals surface area contributed by atoms with Gasteiger partial charge in [0, 0.05) is 18.0 Å². The Morgan fingerprint density at radius 2 is 1.95 bits per heavy atom. The molecule has 2 aromatic heterocycles. The highest BCUT2D eigenvalue weighted by Crippen LogP contribution is 2.24. The van der Waals surface area contributed by atoms with Crippen molar-refractivity contribution in [3.8, 4) is 5.75 Å². The molecule has 2 aromatic rings. The van der Waals surface area contributed by atoms with Crippen LogP contribution in [0.3, 0.4) is 0 Å². The van der Waals surface area contributed by atoms with Gasteiger partial charge in [-0.05, 0) is 13.8 Å². The summed E-state index contributed by atoms with van der Waals surface area (Å²) in [5.41, 5.74) is 1.55. The minimum Gasteiger partial charge on any atom is -0.503 e. The van der Waals surface area contributed by atoms with Gasteiger partial charge in [-0.25, -0.2) is 14.1 Å². The number of thiazole rings is 1. The number of rotatable bonds is 11. The first kappa shape index (κ1) is 30.8. The van der Waals surface area contributed by atoms with Crippen molar-refractivity contribution in [2.24, 2.45) is 5.16 Å². The van der Waals surface area contributed by atoms with Gasteiger partial charge in [0.25, 0.3) is 17.7 Å². The van der Waals surface area contributed by atoms with Crippen LogP contribution in [0.4, 0.5) is 5.13 Å². The molecule has 21 heteroatoms. The summed E-state index contributed by atoms with van der Waals surface area (Å²) in [5, 5.41) is 28.1. The van der Waals surface area contributed by atoms with Crippen molar-refractivity contribution >= 4 is 56.2 Å². The van der Waals surface area contributed by atoms with Gasteiger partial charge < -0.3 is 36.3 Å². The molecule has 3 heterocycles. The third-order valence-electron chi connectivity index (χ3n) is 5.46. The van der Waals surface area contributed by atoms with Crippen LogP contribution >= 0.6 is 11.3 Å². The molecule has 3 rings (SSSR count). The number of nitrogens with one attached hydrogen (secondary N) is 2. The van der Waals surface area contributed by atoms with E-state index in [2.05, 4.69) is 20.8 Å². The molecule has 41 heavy (non-hydrogen) atoms. The first-order chi connectivity index (χ1) is 19.0. The van der Waals surface area contributed by atoms with Gasteiger partial charge in [-0.1, -0.05) is 5.16 Å². The number of hydrogen-bond acceptors (Lipinski definition) is 14. The van der Waals surface area contributed by atoms with E-state index in [9.17, 15) is 47.2 Å². The molecule has 1 aliphatic rings. The van der Waals surface area contributed by atoms with Crippen molar-refractivity contribution < 1.29 is 52.0 Å². The summed E-state index contributed by atoms with van der Waals surface area (Å²) in [6.07, 6.45) is 0.803. The number of anilines is 1. The average Bonchev–Trinajstić information content (AvgIpc) is 3.30. The Bertz CT molecular complexity index is 1600. The second-order valence-corrected chi connectivity index (χ2v) is 10.9. The lowest BCUT2D eigenvalue weighted by Gasteiger charge is -2.44. The normalized spacial score (nSPS) is 17.4. The van der Waals surface area contributed by atoms with E-state index >= 15 is 0 Å². The fourth-order valence-corrected chi connectivity index (χ4v) is 4.71. The molecule has 0 bridgehead atoms. The van der Waals surface area contributed by atoms with Crippen molar-refractivity contribution in [1.82, 2.24) is 24.7 Å². The second-order valence-electron chi connectivity index (χ2n) is 8.67. The van der Waals surface area contributed by atoms with Gasteiger partial charge >= 0.3 is 16.3 Å². The zero-order valence-corrected chi connectivity index (χ0v) is 22.9. The molecule has 0 saturated carbocycles. The van der Waals surface area contributed by atoms with Gasteiger partial charge in [-0.15, -0.1) is 11.3 Å². The predicted octanol–water partition coefficient (Wildman–Crippen LogP) is -2.84. The number of nitrogen functional groups attached to an aromatic ring is 1. The highest BCUT2D eigenvalue weighted by Gasteiger charge is 2.54. The third-order valence-corrected chi connectivity index (χ3v) is 7.08. The first-order valence-electron chi connectivity index (χ1n) is 11.1. The smallest absolute Gasteiger partial charge is 0.362 e. The van der Waals surface area contributed by atoms with Crippen LogP contribution in [0.1, 0.15) is 30.0 Å². The minimum atomic E-state index is -5.16. The highest BCUT2D eigenvalue weighted by atomic mass is 32.2. The lowest BCUT2D eigenvalue weighted by molar-refractivity contribution is -0.161. The fourth-order valence-electron chi connectivity index (χ4n) is 3.28. The predicted molar refractivity (Wildman–Crippen MR) is 137 cm³/mol. The van der Waals surface area contributed by atoms with Crippen molar-refractivity contribution in [3.05, 3.63) is 39.3 Å². The number of nitrogens with two attached hydrogens (primary N) is 1. The Morgan fingerprint density at radius 3 is 2.49 bits per heavy atom. The number of carbonyl (C=O) groups excluding carboxylic acids is 3. The second kappa shape index (κ2) is 11.4. The summed E-state index contributed by atoms with van der Waals surface area (Å²) in [5.74, 6) is -5.65. The van der Waals surface area contributed by atoms with Crippen LogP contribution in [0.5, 0.6) is 5.75 Å². The van der Waals surface area contributed by atoms with Gasteiger partial charge in [0.2, 0.25) is 11.0 Å². The third kappa shape index (κ3) is 6.53. The highest BCUT2D eigenvalue weighted by molar-refractivity contribution is 7.84. The number of aliphatic carboxylic acids is 1. The number of carboxylic acids is 1. The van der Waals surface area contributed by atoms with Gasteiger partial charge in [-0.2, -0.15) is 13.1 Å². The van der Waals surface area contributed by atoms with Crippen molar-refractivity contribution in [1.29, 1.82) is 0 Å². The van der Waals surface area contributed by atoms with E-state index in [1.54, 1.807) is 0 Å². The standard InChI is InChI=1S/C20H23N7O12S2/c1-20(2,18(33)34)39-25-13(8-7-40-19(21)23-8)16(31)24-14-10(27(17(14)32)41(35,36)37)5-22-15(30)9-4-11(28)12(29)6-26(9)38-3/h4,6-7,10,14,29H,5H2,1-3H3,(H2,21,23)(H,22,30)(H,24,31)(H,33,34)(H,35,36,37)/b25-13-/t10-,14+/m1/s1. The minimum absolute atomic E-state index is 0.000134. The van der Waals surface area contributed by atoms with E-state index in [1.165, 1.54) is 5.38 Å². The van der Waals surface area contributed by atoms with Crippen LogP contribution in [-0.2, 0) is 29.5 Å². The number of aromatic nitrogens is 2. The molecule has 1 fully saturated rings. The molecule has 1 aliphatic heterocycles. The monoisotopic (exact) mass is 617 g/mol. The molecule has 0 spiro atoms. The molecule has 7 N–H and O–H groups in total.